The van der Waals surface area contributed by atoms with Crippen LogP contribution in [0.15, 0.2) is 11.6 Å². The highest BCUT2D eigenvalue weighted by Crippen LogP contribution is 2.28. The van der Waals surface area contributed by atoms with Crippen molar-refractivity contribution >= 4 is 11.8 Å². The van der Waals surface area contributed by atoms with Crippen LogP contribution in [0.5, 0.6) is 0 Å². The van der Waals surface area contributed by atoms with Crippen molar-refractivity contribution in [3.8, 4) is 0 Å². The number of rotatable bonds is 28. The van der Waals surface area contributed by atoms with E-state index in [9.17, 15) is 24.9 Å². The van der Waals surface area contributed by atoms with E-state index in [0.717, 1.165) is 77.0 Å². The Hall–Kier alpha value is -1.28. The van der Waals surface area contributed by atoms with E-state index in [1.165, 1.54) is 51.4 Å². The van der Waals surface area contributed by atoms with Gasteiger partial charge in [-0.3, -0.25) is 4.79 Å². The van der Waals surface area contributed by atoms with E-state index in [4.69, 9.17) is 9.47 Å². The number of aliphatic hydroxyl groups excluding tert-OH is 3. The Morgan fingerprint density at radius 2 is 1.27 bits per heavy atom. The minimum Gasteiger partial charge on any atom is -0.455 e. The van der Waals surface area contributed by atoms with Crippen molar-refractivity contribution in [2.45, 2.75) is 211 Å². The van der Waals surface area contributed by atoms with Gasteiger partial charge < -0.3 is 24.8 Å². The van der Waals surface area contributed by atoms with E-state index in [1.54, 1.807) is 0 Å². The summed E-state index contributed by atoms with van der Waals surface area (Å²) >= 11 is 0. The van der Waals surface area contributed by atoms with E-state index in [-0.39, 0.29) is 30.1 Å². The Kier molecular flexibility index (Phi) is 21.2. The zero-order chi connectivity index (χ0) is 32.0. The van der Waals surface area contributed by atoms with Crippen molar-refractivity contribution < 1.29 is 34.4 Å². The molecular formula is C37H66O7. The molecule has 7 heteroatoms. The first-order valence-corrected chi connectivity index (χ1v) is 18.4. The topological polar surface area (TPSA) is 113 Å². The van der Waals surface area contributed by atoms with Gasteiger partial charge in [0, 0.05) is 24.8 Å². The number of ether oxygens (including phenoxy) is 2. The van der Waals surface area contributed by atoms with E-state index in [1.807, 2.05) is 13.0 Å². The van der Waals surface area contributed by atoms with Gasteiger partial charge in [0.2, 0.25) is 0 Å². The van der Waals surface area contributed by atoms with Gasteiger partial charge in [-0.25, -0.2) is 4.79 Å². The molecule has 0 saturated carbocycles. The lowest BCUT2D eigenvalue weighted by atomic mass is 9.98. The zero-order valence-electron chi connectivity index (χ0n) is 28.2. The molecule has 2 aliphatic rings. The third-order valence-electron chi connectivity index (χ3n) is 9.47. The fourth-order valence-electron chi connectivity index (χ4n) is 6.63. The van der Waals surface area contributed by atoms with Crippen LogP contribution in [0.2, 0.25) is 0 Å². The van der Waals surface area contributed by atoms with Gasteiger partial charge in [0.05, 0.1) is 30.5 Å². The van der Waals surface area contributed by atoms with Gasteiger partial charge in [-0.1, -0.05) is 110 Å². The van der Waals surface area contributed by atoms with E-state index in [2.05, 4.69) is 6.92 Å². The van der Waals surface area contributed by atoms with Crippen LogP contribution in [-0.2, 0) is 19.1 Å². The van der Waals surface area contributed by atoms with Gasteiger partial charge in [0.15, 0.2) is 0 Å². The number of cyclic esters (lactones) is 1. The van der Waals surface area contributed by atoms with Crippen LogP contribution >= 0.6 is 0 Å². The Bertz CT molecular complexity index is 797. The number of carbonyl (C=O) groups is 2. The van der Waals surface area contributed by atoms with Gasteiger partial charge in [-0.15, -0.1) is 0 Å². The molecule has 0 spiro atoms. The van der Waals surface area contributed by atoms with Gasteiger partial charge in [0.1, 0.15) is 11.9 Å². The lowest BCUT2D eigenvalue weighted by molar-refractivity contribution is -0.139. The zero-order valence-corrected chi connectivity index (χ0v) is 28.2. The van der Waals surface area contributed by atoms with Crippen molar-refractivity contribution in [2.75, 3.05) is 0 Å². The third-order valence-corrected chi connectivity index (χ3v) is 9.47. The molecule has 1 fully saturated rings. The molecule has 0 aromatic heterocycles. The summed E-state index contributed by atoms with van der Waals surface area (Å²) in [5.74, 6) is -0.0654. The number of aliphatic hydroxyl groups is 3. The second-order valence-corrected chi connectivity index (χ2v) is 13.6. The van der Waals surface area contributed by atoms with Crippen LogP contribution in [-0.4, -0.2) is 63.7 Å². The van der Waals surface area contributed by atoms with Crippen LogP contribution < -0.4 is 0 Å². The van der Waals surface area contributed by atoms with Crippen molar-refractivity contribution in [1.82, 2.24) is 0 Å². The van der Waals surface area contributed by atoms with Crippen LogP contribution in [0.3, 0.4) is 0 Å². The fraction of sp³-hybridized carbons (Fsp3) is 0.892. The summed E-state index contributed by atoms with van der Waals surface area (Å²) in [7, 11) is 0. The van der Waals surface area contributed by atoms with Crippen molar-refractivity contribution in [3.05, 3.63) is 11.6 Å². The molecular weight excluding hydrogens is 556 g/mol. The van der Waals surface area contributed by atoms with Crippen molar-refractivity contribution in [2.24, 2.45) is 0 Å². The number of Topliss-reactive ketones (excluding diaryl/α,β-unsaturated/α-hetero) is 1. The predicted octanol–water partition coefficient (Wildman–Crippen LogP) is 8.05. The highest BCUT2D eigenvalue weighted by molar-refractivity contribution is 5.91. The predicted molar refractivity (Wildman–Crippen MR) is 176 cm³/mol. The van der Waals surface area contributed by atoms with E-state index in [0.29, 0.717) is 37.7 Å². The monoisotopic (exact) mass is 622 g/mol. The Morgan fingerprint density at radius 3 is 1.84 bits per heavy atom. The summed E-state index contributed by atoms with van der Waals surface area (Å²) in [6.07, 6.45) is 24.4. The lowest BCUT2D eigenvalue weighted by Gasteiger charge is -2.23. The SMILES string of the molecule is CCCCCCCCCCCC[C@H](O)[C@H]1CC[C@H]([C@H](O)C[C@H](O)CCCCCCCCCC(=O)CCC2=C[C@H](C)OC2=O)O1. The second-order valence-electron chi connectivity index (χ2n) is 13.6. The number of hydrogen-bond acceptors (Lipinski definition) is 7. The molecule has 44 heavy (non-hydrogen) atoms. The maximum Gasteiger partial charge on any atom is 0.334 e. The first-order chi connectivity index (χ1) is 21.3. The normalized spacial score (nSPS) is 22.2. The molecule has 2 rings (SSSR count). The molecule has 2 heterocycles. The smallest absolute Gasteiger partial charge is 0.334 e. The number of carbonyl (C=O) groups excluding carboxylic acids is 2. The minimum atomic E-state index is -0.686. The molecule has 2 aliphatic heterocycles. The van der Waals surface area contributed by atoms with Crippen LogP contribution in [0, 0.1) is 0 Å². The summed E-state index contributed by atoms with van der Waals surface area (Å²) in [6, 6.07) is 0. The molecule has 3 N–H and O–H groups in total. The maximum absolute atomic E-state index is 12.1. The average Bonchev–Trinajstić information content (AvgIpc) is 3.62. The first-order valence-electron chi connectivity index (χ1n) is 18.4. The molecule has 0 aromatic carbocycles. The average molecular weight is 623 g/mol. The summed E-state index contributed by atoms with van der Waals surface area (Å²) in [6.45, 7) is 4.08. The van der Waals surface area contributed by atoms with Gasteiger partial charge in [-0.2, -0.15) is 0 Å². The van der Waals surface area contributed by atoms with Gasteiger partial charge in [-0.05, 0) is 51.5 Å². The molecule has 0 radical (unpaired) electrons. The second kappa shape index (κ2) is 24.0. The minimum absolute atomic E-state index is 0.174. The molecule has 7 nitrogen and oxygen atoms in total. The largest absolute Gasteiger partial charge is 0.455 e. The molecule has 0 bridgehead atoms. The molecule has 1 saturated heterocycles. The summed E-state index contributed by atoms with van der Waals surface area (Å²) in [5, 5.41) is 31.7. The van der Waals surface area contributed by atoms with Crippen molar-refractivity contribution in [1.29, 1.82) is 0 Å². The third kappa shape index (κ3) is 17.4. The highest BCUT2D eigenvalue weighted by Gasteiger charge is 2.35. The van der Waals surface area contributed by atoms with Gasteiger partial charge >= 0.3 is 5.97 Å². The number of unbranched alkanes of at least 4 members (excludes halogenated alkanes) is 15. The lowest BCUT2D eigenvalue weighted by Crippen LogP contribution is -2.33. The molecule has 256 valence electrons. The van der Waals surface area contributed by atoms with E-state index >= 15 is 0 Å². The number of esters is 1. The molecule has 0 aliphatic carbocycles. The maximum atomic E-state index is 12.1. The fourth-order valence-corrected chi connectivity index (χ4v) is 6.63. The van der Waals surface area contributed by atoms with Crippen LogP contribution in [0.4, 0.5) is 0 Å². The molecule has 0 aromatic rings. The Morgan fingerprint density at radius 1 is 0.750 bits per heavy atom. The first kappa shape index (κ1) is 38.9. The van der Waals surface area contributed by atoms with Crippen LogP contribution in [0.25, 0.3) is 0 Å². The molecule has 0 amide bonds. The van der Waals surface area contributed by atoms with Gasteiger partial charge in [0.25, 0.3) is 0 Å². The summed E-state index contributed by atoms with van der Waals surface area (Å²) in [4.78, 5) is 23.7. The highest BCUT2D eigenvalue weighted by atomic mass is 16.5. The van der Waals surface area contributed by atoms with Crippen LogP contribution in [0.1, 0.15) is 174 Å². The summed E-state index contributed by atoms with van der Waals surface area (Å²) < 4.78 is 11.1. The van der Waals surface area contributed by atoms with Crippen molar-refractivity contribution in [3.63, 3.8) is 0 Å². The summed E-state index contributed by atoms with van der Waals surface area (Å²) in [5.41, 5.74) is 0.635. The number of hydrogen-bond donors (Lipinski definition) is 3. The number of ketones is 1. The quantitative estimate of drug-likeness (QED) is 0.0598. The standard InChI is InChI=1S/C37H66O7/c1-3-4-5-6-7-8-9-13-16-19-22-33(40)35-25-26-36(44-35)34(41)28-32(39)21-18-15-12-10-11-14-17-20-31(38)24-23-30-27-29(2)43-37(30)42/h27,29,32-36,39-41H,3-26,28H2,1-2H3/t29-,32+,33-,34+,35+,36+/m0/s1. The molecule has 0 unspecified atom stereocenters. The molecule has 6 atom stereocenters. The Labute approximate surface area is 268 Å². The van der Waals surface area contributed by atoms with E-state index < -0.39 is 18.3 Å². The Balaban J connectivity index is 1.39.